The zero-order valence-electron chi connectivity index (χ0n) is 9.84. The normalized spacial score (nSPS) is 18.6. The zero-order valence-corrected chi connectivity index (χ0v) is 9.84. The van der Waals surface area contributed by atoms with Crippen LogP contribution in [-0.4, -0.2) is 28.5 Å². The van der Waals surface area contributed by atoms with Gasteiger partial charge in [-0.05, 0) is 6.07 Å². The lowest BCUT2D eigenvalue weighted by Gasteiger charge is -2.17. The lowest BCUT2D eigenvalue weighted by atomic mass is 10.0. The number of aromatic nitrogens is 2. The SMILES string of the molecule is O=C(C1NCCNc2ccccc21)n1ccnc1. The van der Waals surface area contributed by atoms with Gasteiger partial charge in [-0.15, -0.1) is 0 Å². The molecule has 1 unspecified atom stereocenters. The molecular weight excluding hydrogens is 228 g/mol. The first-order chi connectivity index (χ1) is 8.86. The first-order valence-electron chi connectivity index (χ1n) is 5.94. The van der Waals surface area contributed by atoms with E-state index in [1.165, 1.54) is 10.9 Å². The van der Waals surface area contributed by atoms with Gasteiger partial charge in [0, 0.05) is 36.7 Å². The molecule has 1 atom stereocenters. The van der Waals surface area contributed by atoms with Crippen LogP contribution in [-0.2, 0) is 0 Å². The Hall–Kier alpha value is -2.14. The molecule has 1 aliphatic heterocycles. The molecule has 0 amide bonds. The van der Waals surface area contributed by atoms with Crippen molar-refractivity contribution >= 4 is 11.6 Å². The molecule has 18 heavy (non-hydrogen) atoms. The van der Waals surface area contributed by atoms with Gasteiger partial charge in [0.1, 0.15) is 12.4 Å². The summed E-state index contributed by atoms with van der Waals surface area (Å²) < 4.78 is 1.51. The van der Waals surface area contributed by atoms with Gasteiger partial charge in [-0.25, -0.2) is 4.98 Å². The quantitative estimate of drug-likeness (QED) is 0.791. The first-order valence-corrected chi connectivity index (χ1v) is 5.94. The molecule has 1 aromatic heterocycles. The van der Waals surface area contributed by atoms with E-state index in [9.17, 15) is 4.79 Å². The summed E-state index contributed by atoms with van der Waals surface area (Å²) in [6.45, 7) is 1.56. The summed E-state index contributed by atoms with van der Waals surface area (Å²) in [6, 6.07) is 7.55. The van der Waals surface area contributed by atoms with Crippen molar-refractivity contribution in [2.24, 2.45) is 0 Å². The number of hydrogen-bond donors (Lipinski definition) is 2. The van der Waals surface area contributed by atoms with Gasteiger partial charge in [0.15, 0.2) is 0 Å². The molecule has 0 radical (unpaired) electrons. The summed E-state index contributed by atoms with van der Waals surface area (Å²) in [7, 11) is 0. The monoisotopic (exact) mass is 242 g/mol. The predicted octanol–water partition coefficient (Wildman–Crippen LogP) is 1.28. The molecule has 5 nitrogen and oxygen atoms in total. The second kappa shape index (κ2) is 4.62. The lowest BCUT2D eigenvalue weighted by Crippen LogP contribution is -2.32. The van der Waals surface area contributed by atoms with Crippen LogP contribution in [0.25, 0.3) is 0 Å². The Balaban J connectivity index is 1.99. The van der Waals surface area contributed by atoms with E-state index in [0.29, 0.717) is 0 Å². The van der Waals surface area contributed by atoms with Crippen LogP contribution in [0.5, 0.6) is 0 Å². The molecule has 2 heterocycles. The van der Waals surface area contributed by atoms with E-state index in [2.05, 4.69) is 15.6 Å². The molecule has 0 saturated heterocycles. The van der Waals surface area contributed by atoms with Crippen molar-refractivity contribution in [3.05, 3.63) is 48.5 Å². The summed E-state index contributed by atoms with van der Waals surface area (Å²) in [5.41, 5.74) is 2.00. The standard InChI is InChI=1S/C13H14N4O/c18-13(17-8-7-14-9-17)12-10-3-1-2-4-11(10)15-5-6-16-12/h1-4,7-9,12,15-16H,5-6H2. The molecule has 1 aliphatic rings. The minimum atomic E-state index is -0.328. The van der Waals surface area contributed by atoms with E-state index >= 15 is 0 Å². The van der Waals surface area contributed by atoms with Crippen molar-refractivity contribution in [2.45, 2.75) is 6.04 Å². The second-order valence-corrected chi connectivity index (χ2v) is 4.21. The number of nitrogens with one attached hydrogen (secondary N) is 2. The van der Waals surface area contributed by atoms with Crippen molar-refractivity contribution in [1.29, 1.82) is 0 Å². The number of carbonyl (C=O) groups excluding carboxylic acids is 1. The van der Waals surface area contributed by atoms with Gasteiger partial charge in [0.25, 0.3) is 5.91 Å². The summed E-state index contributed by atoms with van der Waals surface area (Å²) in [5.74, 6) is -0.0105. The van der Waals surface area contributed by atoms with Gasteiger partial charge in [-0.2, -0.15) is 0 Å². The van der Waals surface area contributed by atoms with Crippen LogP contribution >= 0.6 is 0 Å². The maximum absolute atomic E-state index is 12.4. The lowest BCUT2D eigenvalue weighted by molar-refractivity contribution is 0.0861. The van der Waals surface area contributed by atoms with Gasteiger partial charge in [0.05, 0.1) is 0 Å². The molecule has 1 aromatic carbocycles. The Labute approximate surface area is 105 Å². The predicted molar refractivity (Wildman–Crippen MR) is 68.5 cm³/mol. The van der Waals surface area contributed by atoms with E-state index in [4.69, 9.17) is 0 Å². The molecule has 5 heteroatoms. The molecule has 0 saturated carbocycles. The zero-order chi connectivity index (χ0) is 12.4. The van der Waals surface area contributed by atoms with Crippen LogP contribution in [0.1, 0.15) is 16.4 Å². The molecule has 92 valence electrons. The van der Waals surface area contributed by atoms with Crippen LogP contribution < -0.4 is 10.6 Å². The Morgan fingerprint density at radius 3 is 3.06 bits per heavy atom. The van der Waals surface area contributed by atoms with E-state index < -0.39 is 0 Å². The van der Waals surface area contributed by atoms with Gasteiger partial charge in [-0.3, -0.25) is 9.36 Å². The Kier molecular flexibility index (Phi) is 2.82. The van der Waals surface area contributed by atoms with Gasteiger partial charge in [-0.1, -0.05) is 18.2 Å². The van der Waals surface area contributed by atoms with E-state index in [1.54, 1.807) is 12.4 Å². The highest BCUT2D eigenvalue weighted by Gasteiger charge is 2.25. The Morgan fingerprint density at radius 1 is 1.33 bits per heavy atom. The number of hydrogen-bond acceptors (Lipinski definition) is 4. The average Bonchev–Trinajstić information content (AvgIpc) is 2.85. The smallest absolute Gasteiger partial charge is 0.253 e. The number of para-hydroxylation sites is 1. The highest BCUT2D eigenvalue weighted by Crippen LogP contribution is 2.25. The van der Waals surface area contributed by atoms with Crippen molar-refractivity contribution in [1.82, 2.24) is 14.9 Å². The molecule has 3 rings (SSSR count). The Morgan fingerprint density at radius 2 is 2.22 bits per heavy atom. The minimum absolute atomic E-state index is 0.0105. The molecule has 0 spiro atoms. The molecule has 0 bridgehead atoms. The first kappa shape index (κ1) is 11.0. The number of imidazole rings is 1. The van der Waals surface area contributed by atoms with Gasteiger partial charge < -0.3 is 10.6 Å². The molecular formula is C13H14N4O. The molecule has 0 fully saturated rings. The highest BCUT2D eigenvalue weighted by molar-refractivity contribution is 5.87. The fraction of sp³-hybridized carbons (Fsp3) is 0.231. The van der Waals surface area contributed by atoms with Crippen molar-refractivity contribution in [3.63, 3.8) is 0 Å². The second-order valence-electron chi connectivity index (χ2n) is 4.21. The average molecular weight is 242 g/mol. The van der Waals surface area contributed by atoms with Gasteiger partial charge >= 0.3 is 0 Å². The molecule has 0 aliphatic carbocycles. The fourth-order valence-corrected chi connectivity index (χ4v) is 2.19. The van der Waals surface area contributed by atoms with Crippen LogP contribution in [0.4, 0.5) is 5.69 Å². The number of nitrogens with zero attached hydrogens (tertiary/aromatic N) is 2. The van der Waals surface area contributed by atoms with E-state index in [0.717, 1.165) is 24.3 Å². The molecule has 2 aromatic rings. The van der Waals surface area contributed by atoms with Crippen molar-refractivity contribution in [3.8, 4) is 0 Å². The third kappa shape index (κ3) is 1.89. The number of fused-ring (bicyclic) bond motifs is 1. The largest absolute Gasteiger partial charge is 0.383 e. The van der Waals surface area contributed by atoms with E-state index in [1.807, 2.05) is 24.3 Å². The third-order valence-electron chi connectivity index (χ3n) is 3.07. The van der Waals surface area contributed by atoms with Crippen molar-refractivity contribution in [2.75, 3.05) is 18.4 Å². The van der Waals surface area contributed by atoms with Crippen molar-refractivity contribution < 1.29 is 4.79 Å². The summed E-state index contributed by atoms with van der Waals surface area (Å²) in [6.07, 6.45) is 4.81. The number of rotatable bonds is 1. The number of anilines is 1. The topological polar surface area (TPSA) is 59.0 Å². The summed E-state index contributed by atoms with van der Waals surface area (Å²) in [4.78, 5) is 16.3. The van der Waals surface area contributed by atoms with Crippen LogP contribution in [0.3, 0.4) is 0 Å². The van der Waals surface area contributed by atoms with Crippen LogP contribution in [0.15, 0.2) is 43.0 Å². The maximum atomic E-state index is 12.4. The number of carbonyl (C=O) groups is 1. The fourth-order valence-electron chi connectivity index (χ4n) is 2.19. The maximum Gasteiger partial charge on any atom is 0.253 e. The van der Waals surface area contributed by atoms with E-state index in [-0.39, 0.29) is 11.9 Å². The third-order valence-corrected chi connectivity index (χ3v) is 3.07. The highest BCUT2D eigenvalue weighted by atomic mass is 16.2. The van der Waals surface area contributed by atoms with Crippen LogP contribution in [0.2, 0.25) is 0 Å². The summed E-state index contributed by atoms with van der Waals surface area (Å²) in [5, 5.41) is 6.58. The molecule has 2 N–H and O–H groups in total. The summed E-state index contributed by atoms with van der Waals surface area (Å²) >= 11 is 0. The van der Waals surface area contributed by atoms with Crippen LogP contribution in [0, 0.1) is 0 Å². The minimum Gasteiger partial charge on any atom is -0.383 e. The Bertz CT molecular complexity index is 550. The number of benzene rings is 1. The van der Waals surface area contributed by atoms with Gasteiger partial charge in [0.2, 0.25) is 0 Å².